The fourth-order valence-electron chi connectivity index (χ4n) is 2.72. The predicted molar refractivity (Wildman–Crippen MR) is 103 cm³/mol. The zero-order valence-corrected chi connectivity index (χ0v) is 15.3. The highest BCUT2D eigenvalue weighted by Crippen LogP contribution is 2.25. The van der Waals surface area contributed by atoms with Crippen molar-refractivity contribution in [3.8, 4) is 22.4 Å². The van der Waals surface area contributed by atoms with Gasteiger partial charge in [0.15, 0.2) is 0 Å². The molecule has 0 saturated heterocycles. The SMILES string of the molecule is Cc1ccnc(-c2cccc(-c3cccc([Si](C)(C)C)c3)c2)c1. The summed E-state index contributed by atoms with van der Waals surface area (Å²) in [4.78, 5) is 4.51. The Balaban J connectivity index is 2.04. The van der Waals surface area contributed by atoms with Gasteiger partial charge in [0, 0.05) is 11.8 Å². The molecule has 0 saturated carbocycles. The quantitative estimate of drug-likeness (QED) is 0.600. The molecule has 0 fully saturated rings. The number of pyridine rings is 1. The van der Waals surface area contributed by atoms with Crippen molar-refractivity contribution in [3.05, 3.63) is 72.4 Å². The summed E-state index contributed by atoms with van der Waals surface area (Å²) in [5.41, 5.74) is 5.99. The molecule has 0 aliphatic carbocycles. The molecule has 0 atom stereocenters. The largest absolute Gasteiger partial charge is 0.256 e. The summed E-state index contributed by atoms with van der Waals surface area (Å²) in [6.07, 6.45) is 1.88. The topological polar surface area (TPSA) is 12.9 Å². The van der Waals surface area contributed by atoms with Crippen LogP contribution < -0.4 is 5.19 Å². The summed E-state index contributed by atoms with van der Waals surface area (Å²) >= 11 is 0. The lowest BCUT2D eigenvalue weighted by Crippen LogP contribution is -2.37. The monoisotopic (exact) mass is 317 g/mol. The molecule has 0 bridgehead atoms. The van der Waals surface area contributed by atoms with E-state index < -0.39 is 8.07 Å². The summed E-state index contributed by atoms with van der Waals surface area (Å²) in [6.45, 7) is 9.27. The van der Waals surface area contributed by atoms with Crippen LogP contribution in [0, 0.1) is 6.92 Å². The predicted octanol–water partition coefficient (Wildman–Crippen LogP) is 5.27. The van der Waals surface area contributed by atoms with Crippen LogP contribution in [0.2, 0.25) is 19.6 Å². The molecule has 0 amide bonds. The number of aryl methyl sites for hydroxylation is 1. The smallest absolute Gasteiger partial charge is 0.0776 e. The van der Waals surface area contributed by atoms with E-state index in [1.165, 1.54) is 27.4 Å². The molecule has 0 spiro atoms. The van der Waals surface area contributed by atoms with Gasteiger partial charge in [0.1, 0.15) is 0 Å². The van der Waals surface area contributed by atoms with Gasteiger partial charge >= 0.3 is 0 Å². The number of aromatic nitrogens is 1. The second-order valence-electron chi connectivity index (χ2n) is 7.13. The van der Waals surface area contributed by atoms with Crippen LogP contribution in [0.5, 0.6) is 0 Å². The molecule has 0 radical (unpaired) electrons. The molecular weight excluding hydrogens is 294 g/mol. The van der Waals surface area contributed by atoms with E-state index in [1.54, 1.807) is 0 Å². The molecule has 2 heteroatoms. The molecule has 1 heterocycles. The van der Waals surface area contributed by atoms with Crippen LogP contribution in [-0.4, -0.2) is 13.1 Å². The van der Waals surface area contributed by atoms with Gasteiger partial charge in [0.2, 0.25) is 0 Å². The zero-order chi connectivity index (χ0) is 16.4. The van der Waals surface area contributed by atoms with Gasteiger partial charge in [-0.25, -0.2) is 0 Å². The zero-order valence-electron chi connectivity index (χ0n) is 14.3. The maximum Gasteiger partial charge on any atom is 0.0776 e. The Morgan fingerprint density at radius 2 is 1.39 bits per heavy atom. The Labute approximate surface area is 140 Å². The minimum atomic E-state index is -1.29. The first-order valence-corrected chi connectivity index (χ1v) is 11.6. The fraction of sp³-hybridized carbons (Fsp3) is 0.190. The van der Waals surface area contributed by atoms with Crippen LogP contribution in [0.3, 0.4) is 0 Å². The molecule has 1 nitrogen and oxygen atoms in total. The maximum atomic E-state index is 4.51. The standard InChI is InChI=1S/C21H23NSi/c1-16-11-12-22-21(13-16)19-9-5-7-17(14-19)18-8-6-10-20(15-18)23(2,3)4/h5-15H,1-4H3. The Hall–Kier alpha value is -2.19. The highest BCUT2D eigenvalue weighted by molar-refractivity contribution is 6.88. The lowest BCUT2D eigenvalue weighted by molar-refractivity contribution is 1.29. The summed E-state index contributed by atoms with van der Waals surface area (Å²) < 4.78 is 0. The molecule has 3 aromatic rings. The Bertz CT molecular complexity index is 831. The fourth-order valence-corrected chi connectivity index (χ4v) is 3.90. The molecule has 3 rings (SSSR count). The van der Waals surface area contributed by atoms with Gasteiger partial charge in [-0.3, -0.25) is 4.98 Å². The van der Waals surface area contributed by atoms with Crippen LogP contribution in [-0.2, 0) is 0 Å². The van der Waals surface area contributed by atoms with E-state index in [0.29, 0.717) is 0 Å². The third kappa shape index (κ3) is 3.59. The minimum Gasteiger partial charge on any atom is -0.256 e. The van der Waals surface area contributed by atoms with Gasteiger partial charge in [-0.1, -0.05) is 67.3 Å². The highest BCUT2D eigenvalue weighted by Gasteiger charge is 2.16. The number of hydrogen-bond donors (Lipinski definition) is 0. The molecule has 2 aromatic carbocycles. The molecule has 0 unspecified atom stereocenters. The van der Waals surface area contributed by atoms with E-state index in [1.807, 2.05) is 12.3 Å². The summed E-state index contributed by atoms with van der Waals surface area (Å²) in [7, 11) is -1.29. The van der Waals surface area contributed by atoms with Crippen LogP contribution in [0.4, 0.5) is 0 Å². The highest BCUT2D eigenvalue weighted by atomic mass is 28.3. The number of nitrogens with zero attached hydrogens (tertiary/aromatic N) is 1. The van der Waals surface area contributed by atoms with Crippen molar-refractivity contribution in [1.82, 2.24) is 4.98 Å². The summed E-state index contributed by atoms with van der Waals surface area (Å²) in [5, 5.41) is 1.49. The van der Waals surface area contributed by atoms with Gasteiger partial charge in [-0.15, -0.1) is 0 Å². The van der Waals surface area contributed by atoms with Crippen molar-refractivity contribution in [1.29, 1.82) is 0 Å². The molecule has 23 heavy (non-hydrogen) atoms. The Kier molecular flexibility index (Phi) is 4.18. The van der Waals surface area contributed by atoms with Crippen LogP contribution >= 0.6 is 0 Å². The third-order valence-corrected chi connectivity index (χ3v) is 6.18. The number of benzene rings is 2. The maximum absolute atomic E-state index is 4.51. The third-order valence-electron chi connectivity index (χ3n) is 4.14. The van der Waals surface area contributed by atoms with Crippen LogP contribution in [0.25, 0.3) is 22.4 Å². The van der Waals surface area contributed by atoms with E-state index in [-0.39, 0.29) is 0 Å². The Morgan fingerprint density at radius 1 is 0.739 bits per heavy atom. The van der Waals surface area contributed by atoms with Gasteiger partial charge in [-0.2, -0.15) is 0 Å². The van der Waals surface area contributed by atoms with E-state index >= 15 is 0 Å². The van der Waals surface area contributed by atoms with Crippen molar-refractivity contribution < 1.29 is 0 Å². The number of hydrogen-bond acceptors (Lipinski definition) is 1. The minimum absolute atomic E-state index is 1.04. The number of rotatable bonds is 3. The lowest BCUT2D eigenvalue weighted by Gasteiger charge is -2.17. The van der Waals surface area contributed by atoms with E-state index in [4.69, 9.17) is 0 Å². The average Bonchev–Trinajstić information content (AvgIpc) is 2.54. The van der Waals surface area contributed by atoms with E-state index in [2.05, 4.69) is 86.1 Å². The second-order valence-corrected chi connectivity index (χ2v) is 12.2. The van der Waals surface area contributed by atoms with Crippen LogP contribution in [0.15, 0.2) is 66.9 Å². The summed E-state index contributed by atoms with van der Waals surface area (Å²) in [6, 6.07) is 21.9. The van der Waals surface area contributed by atoms with Crippen molar-refractivity contribution in [3.63, 3.8) is 0 Å². The first kappa shape index (κ1) is 15.7. The van der Waals surface area contributed by atoms with Crippen molar-refractivity contribution in [2.75, 3.05) is 0 Å². The average molecular weight is 318 g/mol. The second kappa shape index (κ2) is 6.13. The van der Waals surface area contributed by atoms with E-state index in [0.717, 1.165) is 5.69 Å². The molecule has 0 aliphatic rings. The van der Waals surface area contributed by atoms with Gasteiger partial charge in [-0.05, 0) is 41.8 Å². The summed E-state index contributed by atoms with van der Waals surface area (Å²) in [5.74, 6) is 0. The molecule has 116 valence electrons. The van der Waals surface area contributed by atoms with Gasteiger partial charge < -0.3 is 0 Å². The van der Waals surface area contributed by atoms with E-state index in [9.17, 15) is 0 Å². The van der Waals surface area contributed by atoms with Crippen molar-refractivity contribution in [2.24, 2.45) is 0 Å². The van der Waals surface area contributed by atoms with Crippen molar-refractivity contribution in [2.45, 2.75) is 26.6 Å². The van der Waals surface area contributed by atoms with Crippen LogP contribution in [0.1, 0.15) is 5.56 Å². The van der Waals surface area contributed by atoms with Crippen molar-refractivity contribution >= 4 is 13.3 Å². The first-order valence-electron chi connectivity index (χ1n) is 8.07. The normalized spacial score (nSPS) is 11.5. The molecule has 1 aromatic heterocycles. The molecule has 0 N–H and O–H groups in total. The van der Waals surface area contributed by atoms with Gasteiger partial charge in [0.25, 0.3) is 0 Å². The molecule has 0 aliphatic heterocycles. The first-order chi connectivity index (χ1) is 10.9. The molecular formula is C21H23NSi. The Morgan fingerprint density at radius 3 is 2.09 bits per heavy atom. The van der Waals surface area contributed by atoms with Gasteiger partial charge in [0.05, 0.1) is 13.8 Å². The lowest BCUT2D eigenvalue weighted by atomic mass is 10.0.